The highest BCUT2D eigenvalue weighted by atomic mass is 16.4. The highest BCUT2D eigenvalue weighted by molar-refractivity contribution is 6.53. The minimum atomic E-state index is -1.70. The van der Waals surface area contributed by atoms with E-state index in [1.165, 1.54) is 0 Å². The largest absolute Gasteiger partial charge is 0.481 e. The molecule has 0 radical (unpaired) electrons. The first-order chi connectivity index (χ1) is 4.09. The van der Waals surface area contributed by atoms with E-state index in [9.17, 15) is 4.79 Å². The minimum Gasteiger partial charge on any atom is -0.481 e. The number of carbonyl (C=O) groups is 1. The molecule has 1 fully saturated rings. The van der Waals surface area contributed by atoms with Gasteiger partial charge in [-0.1, -0.05) is 0 Å². The van der Waals surface area contributed by atoms with Gasteiger partial charge in [-0.25, -0.2) is 0 Å². The lowest BCUT2D eigenvalue weighted by atomic mass is 9.69. The van der Waals surface area contributed by atoms with Crippen LogP contribution in [0.3, 0.4) is 0 Å². The predicted molar refractivity (Wildman–Crippen MR) is 29.8 cm³/mol. The first kappa shape index (κ1) is 6.57. The summed E-state index contributed by atoms with van der Waals surface area (Å²) in [5.41, 5.74) is 0. The van der Waals surface area contributed by atoms with E-state index in [-0.39, 0.29) is 0 Å². The normalized spacial score (nSPS) is 21.1. The Balaban J connectivity index is 2.63. The van der Waals surface area contributed by atoms with Crippen LogP contribution in [0.15, 0.2) is 0 Å². The zero-order valence-corrected chi connectivity index (χ0v) is 4.74. The van der Waals surface area contributed by atoms with Crippen molar-refractivity contribution >= 4 is 13.1 Å². The molecule has 0 aromatic rings. The number of hydrogen-bond acceptors (Lipinski definition) is 3. The molecule has 0 bridgehead atoms. The molecule has 50 valence electrons. The number of carboxylic acid groups (broad SMARTS) is 1. The van der Waals surface area contributed by atoms with E-state index in [2.05, 4.69) is 0 Å². The molecule has 1 aliphatic carbocycles. The summed E-state index contributed by atoms with van der Waals surface area (Å²) in [5, 5.41) is 24.1. The van der Waals surface area contributed by atoms with Crippen molar-refractivity contribution in [1.29, 1.82) is 0 Å². The third kappa shape index (κ3) is 0.819. The van der Waals surface area contributed by atoms with Crippen LogP contribution in [0.2, 0.25) is 5.31 Å². The van der Waals surface area contributed by atoms with E-state index in [1.807, 2.05) is 0 Å². The first-order valence-corrected chi connectivity index (χ1v) is 2.69. The van der Waals surface area contributed by atoms with Crippen molar-refractivity contribution in [1.82, 2.24) is 0 Å². The summed E-state index contributed by atoms with van der Waals surface area (Å²) >= 11 is 0. The van der Waals surface area contributed by atoms with Gasteiger partial charge in [0.1, 0.15) is 5.31 Å². The molecule has 0 aliphatic heterocycles. The molecule has 0 aromatic carbocycles. The number of aliphatic carboxylic acids is 1. The van der Waals surface area contributed by atoms with Crippen LogP contribution in [0.5, 0.6) is 0 Å². The van der Waals surface area contributed by atoms with Crippen LogP contribution < -0.4 is 0 Å². The van der Waals surface area contributed by atoms with Gasteiger partial charge in [0.2, 0.25) is 0 Å². The van der Waals surface area contributed by atoms with Gasteiger partial charge in [0.25, 0.3) is 0 Å². The predicted octanol–water partition coefficient (Wildman–Crippen LogP) is -0.922. The van der Waals surface area contributed by atoms with Gasteiger partial charge in [0, 0.05) is 0 Å². The van der Waals surface area contributed by atoms with E-state index in [1.54, 1.807) is 0 Å². The fourth-order valence-electron chi connectivity index (χ4n) is 0.717. The zero-order valence-electron chi connectivity index (χ0n) is 4.74. The van der Waals surface area contributed by atoms with Crippen LogP contribution in [-0.4, -0.2) is 28.2 Å². The van der Waals surface area contributed by atoms with E-state index in [0.29, 0.717) is 12.8 Å². The van der Waals surface area contributed by atoms with Crippen molar-refractivity contribution in [3.05, 3.63) is 0 Å². The molecule has 3 N–H and O–H groups in total. The molecule has 1 rings (SSSR count). The molecule has 9 heavy (non-hydrogen) atoms. The molecule has 0 saturated heterocycles. The monoisotopic (exact) mass is 130 g/mol. The Kier molecular flexibility index (Phi) is 1.25. The van der Waals surface area contributed by atoms with Gasteiger partial charge in [-0.15, -0.1) is 0 Å². The third-order valence-corrected chi connectivity index (χ3v) is 1.71. The summed E-state index contributed by atoms with van der Waals surface area (Å²) in [6, 6.07) is 0. The molecule has 1 aliphatic rings. The summed E-state index contributed by atoms with van der Waals surface area (Å²) in [4.78, 5) is 10.2. The molecular weight excluding hydrogens is 123 g/mol. The second kappa shape index (κ2) is 1.72. The summed E-state index contributed by atoms with van der Waals surface area (Å²) < 4.78 is 0. The number of rotatable bonds is 2. The molecular formula is C4H7BO4. The maximum atomic E-state index is 10.2. The first-order valence-electron chi connectivity index (χ1n) is 2.69. The van der Waals surface area contributed by atoms with Crippen LogP contribution >= 0.6 is 0 Å². The average Bonchev–Trinajstić information content (AvgIpc) is 2.40. The maximum absolute atomic E-state index is 10.2. The molecule has 0 amide bonds. The van der Waals surface area contributed by atoms with Crippen LogP contribution in [0, 0.1) is 0 Å². The van der Waals surface area contributed by atoms with E-state index in [4.69, 9.17) is 15.2 Å². The van der Waals surface area contributed by atoms with Crippen LogP contribution in [0.25, 0.3) is 0 Å². The summed E-state index contributed by atoms with van der Waals surface area (Å²) in [6.07, 6.45) is 0.750. The lowest BCUT2D eigenvalue weighted by Gasteiger charge is -2.04. The van der Waals surface area contributed by atoms with Gasteiger partial charge in [-0.2, -0.15) is 0 Å². The molecule has 0 unspecified atom stereocenters. The smallest absolute Gasteiger partial charge is 0.469 e. The van der Waals surface area contributed by atoms with E-state index < -0.39 is 18.4 Å². The number of carboxylic acids is 1. The van der Waals surface area contributed by atoms with Crippen molar-refractivity contribution in [3.8, 4) is 0 Å². The van der Waals surface area contributed by atoms with Crippen molar-refractivity contribution in [2.24, 2.45) is 0 Å². The quantitative estimate of drug-likeness (QED) is 0.422. The molecule has 4 nitrogen and oxygen atoms in total. The Morgan fingerprint density at radius 2 is 1.89 bits per heavy atom. The Labute approximate surface area is 52.3 Å². The van der Waals surface area contributed by atoms with E-state index in [0.717, 1.165) is 0 Å². The Hall–Kier alpha value is -0.545. The van der Waals surface area contributed by atoms with Gasteiger partial charge in [0.05, 0.1) is 0 Å². The second-order valence-electron chi connectivity index (χ2n) is 2.33. The van der Waals surface area contributed by atoms with Crippen LogP contribution in [0.1, 0.15) is 12.8 Å². The molecule has 5 heteroatoms. The lowest BCUT2D eigenvalue weighted by Crippen LogP contribution is -2.28. The Bertz CT molecular complexity index is 140. The average molecular weight is 130 g/mol. The van der Waals surface area contributed by atoms with Gasteiger partial charge in [0.15, 0.2) is 0 Å². The fraction of sp³-hybridized carbons (Fsp3) is 0.750. The van der Waals surface area contributed by atoms with Crippen LogP contribution in [0.4, 0.5) is 0 Å². The van der Waals surface area contributed by atoms with Gasteiger partial charge in [-0.05, 0) is 12.8 Å². The number of hydrogen-bond donors (Lipinski definition) is 3. The zero-order chi connectivity index (χ0) is 7.07. The standard InChI is InChI=1S/C4H7BO4/c6-3(7)4(1-2-4)5(8)9/h8-9H,1-2H2,(H,6,7). The fourth-order valence-corrected chi connectivity index (χ4v) is 0.717. The molecule has 0 aromatic heterocycles. The lowest BCUT2D eigenvalue weighted by molar-refractivity contribution is -0.138. The maximum Gasteiger partial charge on any atom is 0.469 e. The van der Waals surface area contributed by atoms with Gasteiger partial charge >= 0.3 is 13.1 Å². The Morgan fingerprint density at radius 1 is 1.44 bits per heavy atom. The minimum absolute atomic E-state index is 0.375. The molecule has 0 spiro atoms. The summed E-state index contributed by atoms with van der Waals surface area (Å²) in [7, 11) is -1.70. The highest BCUT2D eigenvalue weighted by Gasteiger charge is 2.59. The SMILES string of the molecule is O=C(O)C1(B(O)O)CC1. The molecule has 0 heterocycles. The van der Waals surface area contributed by atoms with Gasteiger partial charge < -0.3 is 15.2 Å². The summed E-state index contributed by atoms with van der Waals surface area (Å²) in [6.45, 7) is 0. The Morgan fingerprint density at radius 3 is 1.89 bits per heavy atom. The highest BCUT2D eigenvalue weighted by Crippen LogP contribution is 2.54. The van der Waals surface area contributed by atoms with Crippen molar-refractivity contribution in [2.75, 3.05) is 0 Å². The molecule has 1 saturated carbocycles. The topological polar surface area (TPSA) is 77.8 Å². The van der Waals surface area contributed by atoms with Crippen molar-refractivity contribution in [3.63, 3.8) is 0 Å². The van der Waals surface area contributed by atoms with Crippen molar-refractivity contribution < 1.29 is 19.9 Å². The summed E-state index contributed by atoms with van der Waals surface area (Å²) in [5.74, 6) is -1.11. The van der Waals surface area contributed by atoms with Crippen LogP contribution in [-0.2, 0) is 4.79 Å². The van der Waals surface area contributed by atoms with Gasteiger partial charge in [-0.3, -0.25) is 4.79 Å². The van der Waals surface area contributed by atoms with E-state index >= 15 is 0 Å². The third-order valence-electron chi connectivity index (χ3n) is 1.71. The molecule has 0 atom stereocenters. The van der Waals surface area contributed by atoms with Crippen molar-refractivity contribution in [2.45, 2.75) is 18.2 Å². The second-order valence-corrected chi connectivity index (χ2v) is 2.33.